The van der Waals surface area contributed by atoms with Crippen LogP contribution in [-0.4, -0.2) is 12.8 Å². The number of rotatable bonds is 9. The van der Waals surface area contributed by atoms with E-state index in [2.05, 4.69) is 112 Å². The van der Waals surface area contributed by atoms with Crippen LogP contribution in [0.1, 0.15) is 140 Å². The summed E-state index contributed by atoms with van der Waals surface area (Å²) in [6.45, 7) is 36.4. The summed E-state index contributed by atoms with van der Waals surface area (Å²) in [6, 6.07) is 6.39. The number of hydrogen-bond acceptors (Lipinski definition) is 2. The van der Waals surface area contributed by atoms with Crippen LogP contribution < -0.4 is 5.32 Å². The molecule has 0 heterocycles. The predicted molar refractivity (Wildman–Crippen MR) is 177 cm³/mol. The molecule has 2 heteroatoms. The van der Waals surface area contributed by atoms with E-state index in [1.54, 1.807) is 0 Å². The highest BCUT2D eigenvalue weighted by molar-refractivity contribution is 5.85. The topological polar surface area (TPSA) is 24.4 Å². The molecule has 0 radical (unpaired) electrons. The van der Waals surface area contributed by atoms with Gasteiger partial charge in [0.1, 0.15) is 0 Å². The van der Waals surface area contributed by atoms with Crippen molar-refractivity contribution in [2.24, 2.45) is 22.2 Å². The fourth-order valence-corrected chi connectivity index (χ4v) is 3.58. The molecule has 0 spiro atoms. The third-order valence-corrected chi connectivity index (χ3v) is 4.81. The van der Waals surface area contributed by atoms with Crippen molar-refractivity contribution in [2.75, 3.05) is 7.05 Å². The highest BCUT2D eigenvalue weighted by Crippen LogP contribution is 2.27. The summed E-state index contributed by atoms with van der Waals surface area (Å²) in [6.07, 6.45) is 10.3. The van der Waals surface area contributed by atoms with Crippen molar-refractivity contribution in [1.29, 1.82) is 0 Å². The number of aryl methyl sites for hydroxylation is 1. The number of nitrogens with one attached hydrogen (secondary N) is 1. The predicted octanol–water partition coefficient (Wildman–Crippen LogP) is 12.2. The van der Waals surface area contributed by atoms with E-state index in [-0.39, 0.29) is 0 Å². The van der Waals surface area contributed by atoms with Crippen molar-refractivity contribution < 1.29 is 0 Å². The van der Waals surface area contributed by atoms with Gasteiger partial charge in [0.25, 0.3) is 0 Å². The van der Waals surface area contributed by atoms with Gasteiger partial charge in [-0.15, -0.1) is 0 Å². The first-order valence-electron chi connectivity index (χ1n) is 15.0. The second-order valence-electron chi connectivity index (χ2n) is 11.0. The number of likely N-dealkylation sites (N-methyl/N-ethyl adjacent to an activating group) is 1. The van der Waals surface area contributed by atoms with Crippen LogP contribution in [0, 0.1) is 24.2 Å². The van der Waals surface area contributed by atoms with Gasteiger partial charge in [-0.1, -0.05) is 134 Å². The molecule has 0 amide bonds. The maximum absolute atomic E-state index is 4.88. The molecule has 1 rings (SSSR count). The average Bonchev–Trinajstić information content (AvgIpc) is 2.81. The van der Waals surface area contributed by atoms with E-state index >= 15 is 0 Å². The summed E-state index contributed by atoms with van der Waals surface area (Å²) in [4.78, 5) is 4.88. The first kappa shape index (κ1) is 42.3. The van der Waals surface area contributed by atoms with Crippen LogP contribution in [0.4, 0.5) is 5.69 Å². The lowest BCUT2D eigenvalue weighted by molar-refractivity contribution is 0.312. The summed E-state index contributed by atoms with van der Waals surface area (Å²) < 4.78 is 0. The number of benzene rings is 1. The van der Waals surface area contributed by atoms with Crippen molar-refractivity contribution in [3.8, 4) is 0 Å². The summed E-state index contributed by atoms with van der Waals surface area (Å²) in [5.41, 5.74) is 5.89. The van der Waals surface area contributed by atoms with E-state index < -0.39 is 0 Å². The lowest BCUT2D eigenvalue weighted by atomic mass is 9.83. The van der Waals surface area contributed by atoms with Gasteiger partial charge in [-0.25, -0.2) is 0 Å². The first-order valence-corrected chi connectivity index (χ1v) is 15.0. The number of nitrogens with zero attached hydrogens (tertiary/aromatic N) is 1. The van der Waals surface area contributed by atoms with Gasteiger partial charge in [-0.05, 0) is 67.2 Å². The van der Waals surface area contributed by atoms with E-state index in [4.69, 9.17) is 4.99 Å². The Morgan fingerprint density at radius 1 is 1.03 bits per heavy atom. The van der Waals surface area contributed by atoms with Gasteiger partial charge >= 0.3 is 0 Å². The van der Waals surface area contributed by atoms with E-state index in [0.717, 1.165) is 29.3 Å². The van der Waals surface area contributed by atoms with Gasteiger partial charge in [0.05, 0.1) is 5.69 Å². The third kappa shape index (κ3) is 30.3. The minimum Gasteiger partial charge on any atom is -0.389 e. The average molecular weight is 517 g/mol. The van der Waals surface area contributed by atoms with E-state index in [1.165, 1.54) is 37.0 Å². The van der Waals surface area contributed by atoms with Crippen molar-refractivity contribution in [3.63, 3.8) is 0 Å². The molecule has 0 fully saturated rings. The van der Waals surface area contributed by atoms with Crippen LogP contribution in [0.25, 0.3) is 6.08 Å². The largest absolute Gasteiger partial charge is 0.389 e. The quantitative estimate of drug-likeness (QED) is 0.256. The summed E-state index contributed by atoms with van der Waals surface area (Å²) >= 11 is 0. The molecule has 0 aromatic heterocycles. The fourth-order valence-electron chi connectivity index (χ4n) is 3.58. The number of aliphatic imine (C=N–C) groups is 1. The van der Waals surface area contributed by atoms with Gasteiger partial charge in [-0.3, -0.25) is 4.99 Å². The molecule has 1 N–H and O–H groups in total. The van der Waals surface area contributed by atoms with Crippen LogP contribution in [0.5, 0.6) is 0 Å². The second-order valence-corrected chi connectivity index (χ2v) is 11.0. The van der Waals surface area contributed by atoms with Crippen LogP contribution in [0.3, 0.4) is 0 Å². The SMILES string of the molecule is C=C(/C=C/c1ccc(C)c(N=C(C)CC(C)CC(C)(C)C)c1)NC.CC.CC.CCC.CCCC(C)C. The second kappa shape index (κ2) is 27.2. The Hall–Kier alpha value is -1.83. The first-order chi connectivity index (χ1) is 17.3. The molecule has 1 aromatic rings. The van der Waals surface area contributed by atoms with Gasteiger partial charge in [0, 0.05) is 18.5 Å². The lowest BCUT2D eigenvalue weighted by Crippen LogP contribution is -2.13. The third-order valence-electron chi connectivity index (χ3n) is 4.81. The monoisotopic (exact) mass is 517 g/mol. The van der Waals surface area contributed by atoms with Crippen molar-refractivity contribution in [3.05, 3.63) is 47.7 Å². The van der Waals surface area contributed by atoms with Gasteiger partial charge in [0.2, 0.25) is 0 Å². The molecule has 1 unspecified atom stereocenters. The molecule has 1 aromatic carbocycles. The molecule has 218 valence electrons. The van der Waals surface area contributed by atoms with Gasteiger partial charge in [0.15, 0.2) is 0 Å². The minimum absolute atomic E-state index is 0.371. The zero-order valence-corrected chi connectivity index (χ0v) is 28.2. The Kier molecular flexibility index (Phi) is 31.1. The molecule has 1 atom stereocenters. The fraction of sp³-hybridized carbons (Fsp3) is 0.686. The Balaban J connectivity index is -0.000000350. The minimum atomic E-state index is 0.371. The maximum atomic E-state index is 4.88. The maximum Gasteiger partial charge on any atom is 0.0664 e. The van der Waals surface area contributed by atoms with Crippen molar-refractivity contribution in [2.45, 2.75) is 136 Å². The highest BCUT2D eigenvalue weighted by atomic mass is 14.8. The molecular formula is C35H68N2. The zero-order chi connectivity index (χ0) is 30.0. The van der Waals surface area contributed by atoms with Gasteiger partial charge < -0.3 is 5.32 Å². The Morgan fingerprint density at radius 2 is 1.54 bits per heavy atom. The van der Waals surface area contributed by atoms with Crippen LogP contribution in [0.15, 0.2) is 41.5 Å². The van der Waals surface area contributed by atoms with Crippen LogP contribution in [0.2, 0.25) is 0 Å². The highest BCUT2D eigenvalue weighted by Gasteiger charge is 2.15. The van der Waals surface area contributed by atoms with Crippen LogP contribution >= 0.6 is 0 Å². The molecule has 37 heavy (non-hydrogen) atoms. The Labute approximate surface area is 235 Å². The van der Waals surface area contributed by atoms with E-state index in [9.17, 15) is 0 Å². The zero-order valence-electron chi connectivity index (χ0n) is 28.2. The van der Waals surface area contributed by atoms with E-state index in [1.807, 2.05) is 40.8 Å². The normalized spacial score (nSPS) is 11.5. The molecule has 0 aliphatic rings. The standard InChI is InChI=1S/C22H34N2.C6H14.C3H8.2C2H6/c1-16(15-22(5,6)7)13-19(4)24-21-14-20(11-9-17(21)2)12-10-18(3)23-8;1-4-5-6(2)3;1-3-2;2*1-2/h9-12,14,16,23H,3,13,15H2,1-2,4-8H3;6H,4-5H2,1-3H3;3H2,1-2H3;2*1-2H3/b12-10+,24-19?;;;;. The van der Waals surface area contributed by atoms with E-state index in [0.29, 0.717) is 11.3 Å². The summed E-state index contributed by atoms with van der Waals surface area (Å²) in [7, 11) is 1.87. The molecule has 0 saturated carbocycles. The number of hydrogen-bond donors (Lipinski definition) is 1. The van der Waals surface area contributed by atoms with Crippen LogP contribution in [-0.2, 0) is 0 Å². The van der Waals surface area contributed by atoms with Gasteiger partial charge in [-0.2, -0.15) is 0 Å². The Morgan fingerprint density at radius 3 is 1.92 bits per heavy atom. The molecule has 0 bridgehead atoms. The molecule has 0 aliphatic heterocycles. The number of allylic oxidation sites excluding steroid dienone is 1. The molecular weight excluding hydrogens is 448 g/mol. The lowest BCUT2D eigenvalue weighted by Gasteiger charge is -2.23. The van der Waals surface area contributed by atoms with Crippen molar-refractivity contribution in [1.82, 2.24) is 5.32 Å². The molecule has 2 nitrogen and oxygen atoms in total. The Bertz CT molecular complexity index is 702. The molecule has 0 saturated heterocycles. The van der Waals surface area contributed by atoms with Crippen molar-refractivity contribution >= 4 is 17.5 Å². The smallest absolute Gasteiger partial charge is 0.0664 e. The summed E-state index contributed by atoms with van der Waals surface area (Å²) in [5, 5.41) is 3.02. The summed E-state index contributed by atoms with van der Waals surface area (Å²) in [5.74, 6) is 1.55. The molecule has 0 aliphatic carbocycles.